The van der Waals surface area contributed by atoms with Crippen molar-refractivity contribution in [2.75, 3.05) is 52.4 Å². The molecule has 0 atom stereocenters. The number of piperidine rings is 2. The lowest BCUT2D eigenvalue weighted by molar-refractivity contribution is 0.0633. The smallest absolute Gasteiger partial charge is 0.320 e. The van der Waals surface area contributed by atoms with Crippen LogP contribution in [0, 0.1) is 0 Å². The number of likely N-dealkylation sites (tertiary alicyclic amines) is 1. The largest absolute Gasteiger partial charge is 0.335 e. The Morgan fingerprint density at radius 2 is 1.10 bits per heavy atom. The molecule has 3 aliphatic heterocycles. The molecule has 0 radical (unpaired) electrons. The third kappa shape index (κ3) is 4.87. The Bertz CT molecular complexity index is 883. The van der Waals surface area contributed by atoms with E-state index in [1.807, 2.05) is 9.80 Å². The quantitative estimate of drug-likeness (QED) is 0.710. The van der Waals surface area contributed by atoms with E-state index in [9.17, 15) is 18.0 Å². The molecule has 170 valence electrons. The van der Waals surface area contributed by atoms with Crippen LogP contribution in [-0.2, 0) is 10.0 Å². The summed E-state index contributed by atoms with van der Waals surface area (Å²) in [5.74, 6) is -0.119. The molecule has 0 saturated carbocycles. The first-order chi connectivity index (χ1) is 15.0. The number of amides is 3. The van der Waals surface area contributed by atoms with Crippen molar-refractivity contribution in [1.82, 2.24) is 19.0 Å². The monoisotopic (exact) mass is 448 g/mol. The van der Waals surface area contributed by atoms with Gasteiger partial charge < -0.3 is 14.7 Å². The summed E-state index contributed by atoms with van der Waals surface area (Å²) in [6, 6.07) is 6.36. The molecule has 3 amide bonds. The molecule has 3 saturated heterocycles. The molecule has 0 bridgehead atoms. The lowest BCUT2D eigenvalue weighted by Crippen LogP contribution is -2.54. The zero-order valence-electron chi connectivity index (χ0n) is 18.0. The standard InChI is InChI=1S/C22H32N4O4S/c27-21(23-15-17-25(18-16-23)22(28)24-11-3-1-4-12-24)19-7-9-20(10-8-19)31(29,30)26-13-5-2-6-14-26/h7-10H,1-6,11-18H2. The minimum Gasteiger partial charge on any atom is -0.335 e. The van der Waals surface area contributed by atoms with E-state index in [2.05, 4.69) is 0 Å². The van der Waals surface area contributed by atoms with Gasteiger partial charge in [0.1, 0.15) is 0 Å². The first kappa shape index (κ1) is 22.1. The number of hydrogen-bond donors (Lipinski definition) is 0. The second kappa shape index (κ2) is 9.56. The number of piperazine rings is 1. The number of hydrogen-bond acceptors (Lipinski definition) is 4. The molecule has 8 nitrogen and oxygen atoms in total. The average Bonchev–Trinajstić information content (AvgIpc) is 2.84. The first-order valence-electron chi connectivity index (χ1n) is 11.4. The Morgan fingerprint density at radius 3 is 1.68 bits per heavy atom. The van der Waals surface area contributed by atoms with E-state index in [-0.39, 0.29) is 16.8 Å². The SMILES string of the molecule is O=C(c1ccc(S(=O)(=O)N2CCCCC2)cc1)N1CCN(C(=O)N2CCCCC2)CC1. The van der Waals surface area contributed by atoms with Crippen LogP contribution in [0.4, 0.5) is 4.79 Å². The van der Waals surface area contributed by atoms with E-state index in [1.54, 1.807) is 17.0 Å². The molecule has 0 spiro atoms. The fourth-order valence-electron chi connectivity index (χ4n) is 4.59. The van der Waals surface area contributed by atoms with E-state index in [4.69, 9.17) is 0 Å². The summed E-state index contributed by atoms with van der Waals surface area (Å²) in [6.45, 7) is 4.81. The third-order valence-corrected chi connectivity index (χ3v) is 8.43. The molecule has 3 aliphatic rings. The van der Waals surface area contributed by atoms with Crippen LogP contribution in [0.2, 0.25) is 0 Å². The summed E-state index contributed by atoms with van der Waals surface area (Å²) in [6.07, 6.45) is 6.16. The van der Waals surface area contributed by atoms with Gasteiger partial charge >= 0.3 is 6.03 Å². The maximum absolute atomic E-state index is 12.9. The second-order valence-corrected chi connectivity index (χ2v) is 10.5. The highest BCUT2D eigenvalue weighted by Gasteiger charge is 2.29. The summed E-state index contributed by atoms with van der Waals surface area (Å²) >= 11 is 0. The molecule has 3 heterocycles. The predicted octanol–water partition coefficient (Wildman–Crippen LogP) is 2.22. The Morgan fingerprint density at radius 1 is 0.613 bits per heavy atom. The fourth-order valence-corrected chi connectivity index (χ4v) is 6.11. The summed E-state index contributed by atoms with van der Waals surface area (Å²) in [5.41, 5.74) is 0.480. The van der Waals surface area contributed by atoms with Gasteiger partial charge in [0, 0.05) is 57.9 Å². The molecule has 31 heavy (non-hydrogen) atoms. The van der Waals surface area contributed by atoms with Crippen molar-refractivity contribution >= 4 is 22.0 Å². The zero-order chi connectivity index (χ0) is 21.8. The van der Waals surface area contributed by atoms with Crippen LogP contribution < -0.4 is 0 Å². The van der Waals surface area contributed by atoms with E-state index >= 15 is 0 Å². The van der Waals surface area contributed by atoms with Gasteiger partial charge in [-0.25, -0.2) is 13.2 Å². The molecule has 1 aromatic carbocycles. The van der Waals surface area contributed by atoms with Crippen LogP contribution in [-0.4, -0.2) is 91.7 Å². The highest BCUT2D eigenvalue weighted by atomic mass is 32.2. The number of sulfonamides is 1. The van der Waals surface area contributed by atoms with Gasteiger partial charge in [-0.3, -0.25) is 4.79 Å². The van der Waals surface area contributed by atoms with Gasteiger partial charge in [-0.2, -0.15) is 4.31 Å². The van der Waals surface area contributed by atoms with Crippen molar-refractivity contribution < 1.29 is 18.0 Å². The number of nitrogens with zero attached hydrogens (tertiary/aromatic N) is 4. The van der Waals surface area contributed by atoms with Crippen molar-refractivity contribution in [1.29, 1.82) is 0 Å². The summed E-state index contributed by atoms with van der Waals surface area (Å²) in [7, 11) is -3.50. The summed E-state index contributed by atoms with van der Waals surface area (Å²) in [4.78, 5) is 31.3. The van der Waals surface area contributed by atoms with Gasteiger partial charge in [-0.15, -0.1) is 0 Å². The number of rotatable bonds is 3. The number of urea groups is 1. The van der Waals surface area contributed by atoms with Crippen LogP contribution >= 0.6 is 0 Å². The van der Waals surface area contributed by atoms with Crippen LogP contribution in [0.25, 0.3) is 0 Å². The van der Waals surface area contributed by atoms with E-state index in [0.29, 0.717) is 44.8 Å². The minimum atomic E-state index is -3.50. The van der Waals surface area contributed by atoms with Crippen LogP contribution in [0.3, 0.4) is 0 Å². The van der Waals surface area contributed by atoms with Crippen molar-refractivity contribution in [2.24, 2.45) is 0 Å². The maximum atomic E-state index is 12.9. The Balaban J connectivity index is 1.34. The fraction of sp³-hybridized carbons (Fsp3) is 0.636. The summed E-state index contributed by atoms with van der Waals surface area (Å²) in [5, 5.41) is 0. The van der Waals surface area contributed by atoms with Gasteiger partial charge in [-0.05, 0) is 56.4 Å². The van der Waals surface area contributed by atoms with Gasteiger partial charge in [0.15, 0.2) is 0 Å². The van der Waals surface area contributed by atoms with Crippen molar-refractivity contribution in [3.63, 3.8) is 0 Å². The second-order valence-electron chi connectivity index (χ2n) is 8.60. The van der Waals surface area contributed by atoms with Crippen molar-refractivity contribution in [3.05, 3.63) is 29.8 Å². The molecular weight excluding hydrogens is 416 g/mol. The molecule has 9 heteroatoms. The Hall–Kier alpha value is -2.13. The van der Waals surface area contributed by atoms with Crippen molar-refractivity contribution in [3.8, 4) is 0 Å². The maximum Gasteiger partial charge on any atom is 0.320 e. The van der Waals surface area contributed by atoms with Gasteiger partial charge in [-0.1, -0.05) is 6.42 Å². The molecule has 0 unspecified atom stereocenters. The lowest BCUT2D eigenvalue weighted by Gasteiger charge is -2.38. The van der Waals surface area contributed by atoms with Crippen molar-refractivity contribution in [2.45, 2.75) is 43.4 Å². The van der Waals surface area contributed by atoms with Gasteiger partial charge in [0.05, 0.1) is 4.90 Å². The number of benzene rings is 1. The average molecular weight is 449 g/mol. The molecule has 0 aromatic heterocycles. The molecule has 3 fully saturated rings. The third-order valence-electron chi connectivity index (χ3n) is 6.52. The number of carbonyl (C=O) groups excluding carboxylic acids is 2. The Labute approximate surface area is 184 Å². The summed E-state index contributed by atoms with van der Waals surface area (Å²) < 4.78 is 27.1. The Kier molecular flexibility index (Phi) is 6.81. The van der Waals surface area contributed by atoms with E-state index in [0.717, 1.165) is 45.2 Å². The number of carbonyl (C=O) groups is 2. The molecule has 1 aromatic rings. The lowest BCUT2D eigenvalue weighted by atomic mass is 10.1. The van der Waals surface area contributed by atoms with Gasteiger partial charge in [0.25, 0.3) is 5.91 Å². The topological polar surface area (TPSA) is 81.2 Å². The highest BCUT2D eigenvalue weighted by Crippen LogP contribution is 2.21. The minimum absolute atomic E-state index is 0.0825. The predicted molar refractivity (Wildman–Crippen MR) is 117 cm³/mol. The van der Waals surface area contributed by atoms with Crippen LogP contribution in [0.5, 0.6) is 0 Å². The van der Waals surface area contributed by atoms with E-state index < -0.39 is 10.0 Å². The molecular formula is C22H32N4O4S. The normalized spacial score (nSPS) is 21.2. The highest BCUT2D eigenvalue weighted by molar-refractivity contribution is 7.89. The first-order valence-corrected chi connectivity index (χ1v) is 12.8. The van der Waals surface area contributed by atoms with Crippen LogP contribution in [0.1, 0.15) is 48.9 Å². The van der Waals surface area contributed by atoms with Crippen LogP contribution in [0.15, 0.2) is 29.2 Å². The molecule has 4 rings (SSSR count). The van der Waals surface area contributed by atoms with Gasteiger partial charge in [0.2, 0.25) is 10.0 Å². The zero-order valence-corrected chi connectivity index (χ0v) is 18.9. The van der Waals surface area contributed by atoms with E-state index in [1.165, 1.54) is 22.9 Å². The molecule has 0 N–H and O–H groups in total. The molecule has 0 aliphatic carbocycles.